The van der Waals surface area contributed by atoms with Gasteiger partial charge in [-0.2, -0.15) is 0 Å². The maximum atomic E-state index is 12.5. The Balaban J connectivity index is 1.89. The lowest BCUT2D eigenvalue weighted by Gasteiger charge is -2.17. The number of methoxy groups -OCH3 is 1. The molecule has 2 rings (SSSR count). The highest BCUT2D eigenvalue weighted by Crippen LogP contribution is 2.15. The van der Waals surface area contributed by atoms with Crippen LogP contribution >= 0.6 is 0 Å². The van der Waals surface area contributed by atoms with Gasteiger partial charge in [0, 0.05) is 31.8 Å². The van der Waals surface area contributed by atoms with E-state index in [4.69, 9.17) is 4.74 Å². The second-order valence-electron chi connectivity index (χ2n) is 6.04. The van der Waals surface area contributed by atoms with Crippen molar-refractivity contribution in [3.05, 3.63) is 59.7 Å². The van der Waals surface area contributed by atoms with Crippen molar-refractivity contribution in [3.63, 3.8) is 0 Å². The predicted octanol–water partition coefficient (Wildman–Crippen LogP) is 2.04. The molecular formula is C20H23N3O4. The molecular weight excluding hydrogens is 346 g/mol. The summed E-state index contributed by atoms with van der Waals surface area (Å²) < 4.78 is 5.07. The summed E-state index contributed by atoms with van der Waals surface area (Å²) in [6.45, 7) is 1.78. The Bertz CT molecular complexity index is 801. The fraction of sp³-hybridized carbons (Fsp3) is 0.250. The zero-order chi connectivity index (χ0) is 19.8. The van der Waals surface area contributed by atoms with Gasteiger partial charge in [-0.1, -0.05) is 12.1 Å². The predicted molar refractivity (Wildman–Crippen MR) is 103 cm³/mol. The third-order valence-electron chi connectivity index (χ3n) is 3.84. The summed E-state index contributed by atoms with van der Waals surface area (Å²) in [5, 5.41) is 5.43. The molecule has 2 aromatic carbocycles. The van der Waals surface area contributed by atoms with E-state index in [1.807, 2.05) is 0 Å². The Hall–Kier alpha value is -3.35. The van der Waals surface area contributed by atoms with Gasteiger partial charge in [0.05, 0.1) is 13.7 Å². The second kappa shape index (κ2) is 9.38. The van der Waals surface area contributed by atoms with Crippen LogP contribution in [0.4, 0.5) is 5.69 Å². The number of carbonyl (C=O) groups excluding carboxylic acids is 3. The molecule has 0 spiro atoms. The number of hydrogen-bond acceptors (Lipinski definition) is 4. The van der Waals surface area contributed by atoms with Crippen molar-refractivity contribution in [2.24, 2.45) is 0 Å². The summed E-state index contributed by atoms with van der Waals surface area (Å²) in [6, 6.07) is 13.8. The minimum absolute atomic E-state index is 0.0709. The van der Waals surface area contributed by atoms with Crippen LogP contribution in [0.25, 0.3) is 0 Å². The fourth-order valence-electron chi connectivity index (χ4n) is 2.37. The van der Waals surface area contributed by atoms with E-state index in [-0.39, 0.29) is 24.3 Å². The third-order valence-corrected chi connectivity index (χ3v) is 3.84. The number of rotatable bonds is 7. The van der Waals surface area contributed by atoms with Crippen LogP contribution in [0.15, 0.2) is 48.5 Å². The molecule has 0 aliphatic carbocycles. The van der Waals surface area contributed by atoms with Gasteiger partial charge in [-0.3, -0.25) is 14.4 Å². The number of anilines is 1. The number of amides is 3. The summed E-state index contributed by atoms with van der Waals surface area (Å²) in [5.74, 6) is 0.0317. The first-order valence-corrected chi connectivity index (χ1v) is 8.42. The summed E-state index contributed by atoms with van der Waals surface area (Å²) in [7, 11) is 3.14. The average molecular weight is 369 g/mol. The van der Waals surface area contributed by atoms with Crippen molar-refractivity contribution in [2.75, 3.05) is 26.0 Å². The molecule has 0 unspecified atom stereocenters. The van der Waals surface area contributed by atoms with E-state index < -0.39 is 0 Å². The van der Waals surface area contributed by atoms with Crippen LogP contribution in [0.5, 0.6) is 5.75 Å². The molecule has 0 aliphatic heterocycles. The first-order chi connectivity index (χ1) is 12.9. The summed E-state index contributed by atoms with van der Waals surface area (Å²) >= 11 is 0. The molecule has 0 saturated heterocycles. The monoisotopic (exact) mass is 369 g/mol. The van der Waals surface area contributed by atoms with E-state index in [1.54, 1.807) is 62.7 Å². The Morgan fingerprint density at radius 3 is 2.19 bits per heavy atom. The number of nitrogens with zero attached hydrogens (tertiary/aromatic N) is 1. The molecule has 2 N–H and O–H groups in total. The summed E-state index contributed by atoms with van der Waals surface area (Å²) in [6.07, 6.45) is 0. The Morgan fingerprint density at radius 1 is 1.00 bits per heavy atom. The van der Waals surface area contributed by atoms with E-state index in [0.29, 0.717) is 23.5 Å². The molecule has 142 valence electrons. The smallest absolute Gasteiger partial charge is 0.254 e. The molecule has 0 aliphatic rings. The molecule has 0 radical (unpaired) electrons. The molecule has 7 nitrogen and oxygen atoms in total. The highest BCUT2D eigenvalue weighted by Gasteiger charge is 2.15. The topological polar surface area (TPSA) is 87.7 Å². The van der Waals surface area contributed by atoms with Gasteiger partial charge in [-0.25, -0.2) is 0 Å². The molecule has 3 amide bonds. The van der Waals surface area contributed by atoms with E-state index in [9.17, 15) is 14.4 Å². The zero-order valence-corrected chi connectivity index (χ0v) is 15.6. The lowest BCUT2D eigenvalue weighted by Crippen LogP contribution is -2.34. The number of nitrogens with one attached hydrogen (secondary N) is 2. The van der Waals surface area contributed by atoms with E-state index in [1.165, 1.54) is 11.8 Å². The first-order valence-electron chi connectivity index (χ1n) is 8.42. The maximum Gasteiger partial charge on any atom is 0.254 e. The van der Waals surface area contributed by atoms with Crippen LogP contribution in [0.2, 0.25) is 0 Å². The van der Waals surface area contributed by atoms with Crippen LogP contribution in [-0.4, -0.2) is 43.3 Å². The number of carbonyl (C=O) groups is 3. The van der Waals surface area contributed by atoms with Crippen molar-refractivity contribution < 1.29 is 19.1 Å². The van der Waals surface area contributed by atoms with Crippen LogP contribution < -0.4 is 15.4 Å². The first kappa shape index (κ1) is 20.0. The van der Waals surface area contributed by atoms with Crippen LogP contribution in [-0.2, 0) is 16.1 Å². The molecule has 27 heavy (non-hydrogen) atoms. The van der Waals surface area contributed by atoms with E-state index >= 15 is 0 Å². The zero-order valence-electron chi connectivity index (χ0n) is 15.6. The lowest BCUT2D eigenvalue weighted by molar-refractivity contribution is -0.119. The quantitative estimate of drug-likeness (QED) is 0.782. The van der Waals surface area contributed by atoms with Crippen LogP contribution in [0, 0.1) is 0 Å². The molecule has 0 atom stereocenters. The van der Waals surface area contributed by atoms with Crippen LogP contribution in [0.1, 0.15) is 22.8 Å². The molecule has 0 bridgehead atoms. The van der Waals surface area contributed by atoms with Crippen molar-refractivity contribution in [1.82, 2.24) is 10.2 Å². The van der Waals surface area contributed by atoms with Gasteiger partial charge in [-0.05, 0) is 42.0 Å². The lowest BCUT2D eigenvalue weighted by atomic mass is 10.1. The van der Waals surface area contributed by atoms with Gasteiger partial charge in [0.1, 0.15) is 5.75 Å². The van der Waals surface area contributed by atoms with Gasteiger partial charge < -0.3 is 20.3 Å². The highest BCUT2D eigenvalue weighted by atomic mass is 16.5. The molecule has 0 saturated carbocycles. The van der Waals surface area contributed by atoms with Gasteiger partial charge >= 0.3 is 0 Å². The minimum Gasteiger partial charge on any atom is -0.497 e. The maximum absolute atomic E-state index is 12.5. The van der Waals surface area contributed by atoms with Crippen molar-refractivity contribution in [3.8, 4) is 5.75 Å². The molecule has 2 aromatic rings. The largest absolute Gasteiger partial charge is 0.497 e. The summed E-state index contributed by atoms with van der Waals surface area (Å²) in [4.78, 5) is 36.9. The summed E-state index contributed by atoms with van der Waals surface area (Å²) in [5.41, 5.74) is 1.99. The van der Waals surface area contributed by atoms with Gasteiger partial charge in [0.25, 0.3) is 5.91 Å². The van der Waals surface area contributed by atoms with Gasteiger partial charge in [0.2, 0.25) is 11.8 Å². The van der Waals surface area contributed by atoms with Crippen LogP contribution in [0.3, 0.4) is 0 Å². The fourth-order valence-corrected chi connectivity index (χ4v) is 2.37. The normalized spacial score (nSPS) is 10.0. The number of benzene rings is 2. The Labute approximate surface area is 158 Å². The Morgan fingerprint density at radius 2 is 1.63 bits per heavy atom. The van der Waals surface area contributed by atoms with Gasteiger partial charge in [-0.15, -0.1) is 0 Å². The molecule has 7 heteroatoms. The van der Waals surface area contributed by atoms with E-state index in [2.05, 4.69) is 10.6 Å². The van der Waals surface area contributed by atoms with Crippen molar-refractivity contribution in [1.29, 1.82) is 0 Å². The Kier molecular flexibility index (Phi) is 6.93. The second-order valence-corrected chi connectivity index (χ2v) is 6.04. The number of hydrogen-bond donors (Lipinski definition) is 2. The third kappa shape index (κ3) is 6.14. The standard InChI is InChI=1S/C20H23N3O4/c1-14(24)21-12-15-4-6-16(7-5-15)20(26)23(2)13-19(25)22-17-8-10-18(27-3)11-9-17/h4-11H,12-13H2,1-3H3,(H,21,24)(H,22,25). The molecule has 0 fully saturated rings. The van der Waals surface area contributed by atoms with Gasteiger partial charge in [0.15, 0.2) is 0 Å². The number of likely N-dealkylation sites (N-methyl/N-ethyl adjacent to an activating group) is 1. The SMILES string of the molecule is COc1ccc(NC(=O)CN(C)C(=O)c2ccc(CNC(C)=O)cc2)cc1. The van der Waals surface area contributed by atoms with Crippen molar-refractivity contribution >= 4 is 23.4 Å². The van der Waals surface area contributed by atoms with Crippen molar-refractivity contribution in [2.45, 2.75) is 13.5 Å². The van der Waals surface area contributed by atoms with E-state index in [0.717, 1.165) is 5.56 Å². The minimum atomic E-state index is -0.293. The molecule has 0 heterocycles. The number of ether oxygens (including phenoxy) is 1. The highest BCUT2D eigenvalue weighted by molar-refractivity contribution is 5.99. The molecule has 0 aromatic heterocycles. The average Bonchev–Trinajstić information content (AvgIpc) is 2.66.